The van der Waals surface area contributed by atoms with Gasteiger partial charge in [0, 0.05) is 63.8 Å². The number of amides is 17. The number of hydrogen-bond acceptors (Lipinski definition) is 26. The third-order valence-electron chi connectivity index (χ3n) is 22.2. The van der Waals surface area contributed by atoms with Crippen molar-refractivity contribution in [2.24, 2.45) is 52.2 Å². The summed E-state index contributed by atoms with van der Waals surface area (Å²) in [6.45, 7) is 8.53. The maximum Gasteiger partial charge on any atom is 0.326 e. The van der Waals surface area contributed by atoms with Crippen LogP contribution in [0.25, 0.3) is 0 Å². The average molecular weight is 1920 g/mol. The molecule has 0 radical (unpaired) electrons. The Balaban J connectivity index is 1.61. The fraction of sp³-hybridized carbons (Fsp3) is 0.619. The first-order chi connectivity index (χ1) is 64.1. The zero-order valence-electron chi connectivity index (χ0n) is 76.9. The second kappa shape index (κ2) is 58.0. The van der Waals surface area contributed by atoms with Crippen molar-refractivity contribution in [3.8, 4) is 0 Å². The molecular formula is C84H133N27O25. The van der Waals surface area contributed by atoms with Gasteiger partial charge in [-0.1, -0.05) is 78.3 Å². The van der Waals surface area contributed by atoms with Crippen molar-refractivity contribution >= 4 is 136 Å². The lowest BCUT2D eigenvalue weighted by Gasteiger charge is -2.31. The van der Waals surface area contributed by atoms with Crippen LogP contribution in [0.1, 0.15) is 181 Å². The van der Waals surface area contributed by atoms with Gasteiger partial charge in [0.1, 0.15) is 84.6 Å². The number of guanidine groups is 2. The number of imidazole rings is 1. The molecule has 0 bridgehead atoms. The zero-order chi connectivity index (χ0) is 102. The number of hydrogen-bond donors (Lipinski definition) is 28. The van der Waals surface area contributed by atoms with Crippen molar-refractivity contribution in [1.29, 1.82) is 10.8 Å². The van der Waals surface area contributed by atoms with Gasteiger partial charge in [-0.2, -0.15) is 0 Å². The summed E-state index contributed by atoms with van der Waals surface area (Å²) in [5, 5.41) is 91.9. The largest absolute Gasteiger partial charge is 0.481 e. The van der Waals surface area contributed by atoms with E-state index >= 15 is 9.59 Å². The number of likely N-dealkylation sites (tertiary alicyclic amines) is 2. The van der Waals surface area contributed by atoms with Gasteiger partial charge in [-0.3, -0.25) is 107 Å². The van der Waals surface area contributed by atoms with E-state index in [1.54, 1.807) is 58.0 Å². The minimum Gasteiger partial charge on any atom is -0.481 e. The first-order valence-corrected chi connectivity index (χ1v) is 44.7. The Morgan fingerprint density at radius 3 is 1.42 bits per heavy atom. The predicted molar refractivity (Wildman–Crippen MR) is 482 cm³/mol. The summed E-state index contributed by atoms with van der Waals surface area (Å²) in [6.07, 6.45) is -2.77. The SMILES string of the molecule is CC[C@H](C)[C@H](NC(=O)[C@H](CCCNC(=N)N)NC(=O)[C@@H](NC(=O)[C@@H]1CCCN1C(=O)[C@H](CC(=O)O)NC(=O)[C@H](CC(=O)O)NC(=O)CNC(=O)[C@H](CCCNC(=N)N)NC(=O)[C@H](CC(N)=O)NC(=O)[C@@H](N)CC(C)C)C(C)C)C(=O)N[C@@H](Cc1ccccc1)C(=O)N[C@@H](CCCCN)C(=O)N[C@@H](Cc1cnc[nH]1)C(=O)N[C@@H](CCC(=O)O)C(=O)N1CCC[C@H]1C(=O)N[C@@H](CCC(N)=O)C(=O)O. The van der Waals surface area contributed by atoms with Crippen molar-refractivity contribution in [1.82, 2.24) is 99.5 Å². The maximum absolute atomic E-state index is 15.1. The van der Waals surface area contributed by atoms with Crippen LogP contribution in [-0.4, -0.2) is 306 Å². The number of carboxylic acid groups (broad SMARTS) is 4. The number of nitrogens with two attached hydrogens (primary N) is 6. The number of aromatic nitrogens is 2. The minimum absolute atomic E-state index is 0.00535. The van der Waals surface area contributed by atoms with E-state index in [0.717, 1.165) is 9.80 Å². The van der Waals surface area contributed by atoms with Crippen LogP contribution in [0.2, 0.25) is 0 Å². The van der Waals surface area contributed by atoms with Crippen LogP contribution >= 0.6 is 0 Å². The third-order valence-corrected chi connectivity index (χ3v) is 22.2. The maximum atomic E-state index is 15.1. The molecule has 0 saturated carbocycles. The summed E-state index contributed by atoms with van der Waals surface area (Å²) in [4.78, 5) is 296. The molecule has 52 nitrogen and oxygen atoms in total. The van der Waals surface area contributed by atoms with Gasteiger partial charge >= 0.3 is 23.9 Å². The predicted octanol–water partition coefficient (Wildman–Crippen LogP) is -8.12. The third kappa shape index (κ3) is 40.3. The fourth-order valence-corrected chi connectivity index (χ4v) is 14.8. The number of nitrogens with one attached hydrogen (secondary N) is 18. The number of benzene rings is 1. The van der Waals surface area contributed by atoms with Gasteiger partial charge in [0.15, 0.2) is 11.9 Å². The van der Waals surface area contributed by atoms with E-state index in [0.29, 0.717) is 12.0 Å². The number of carbonyl (C=O) groups excluding carboxylic acids is 17. The zero-order valence-corrected chi connectivity index (χ0v) is 76.9. The standard InChI is InChI=1S/C84H133N27O25/c1-7-44(6)67(79(132)106-53(34-45-17-9-8-10-18-45)72(125)100-49(19-11-12-28-85)70(123)105-54(35-46-39-93-41-97-46)73(126)102-51(25-27-63(115)116)80(133)110-31-15-22-58(110)76(129)103-52(82(135)136)24-26-60(87)112)109-71(124)50(21-14-30-95-84(91)92)101-78(131)66(43(4)5)108-77(130)59-23-16-32-111(59)81(134)57(38-65(119)120)107-75(128)56(37-64(117)118)98-62(114)40-96-69(122)48(20-13-29-94-83(89)90)99-74(127)55(36-61(88)113)104-68(121)47(86)33-42(2)3/h8-10,17-18,39,41-44,47-59,66-67H,7,11-16,19-38,40,85-86H2,1-6H3,(H2,87,112)(H2,88,113)(H,93,97)(H,96,122)(H,98,114)(H,99,127)(H,100,125)(H,101,131)(H,102,126)(H,103,129)(H,104,121)(H,105,123)(H,106,132)(H,107,128)(H,108,130)(H,109,124)(H,115,116)(H,117,118)(H,119,120)(H,135,136)(H4,89,90,94)(H4,91,92,95)/t44-,47-,48-,49-,50-,51-,52-,53-,54-,55-,56-,57-,58-,59-,66-,67-/m0/s1. The van der Waals surface area contributed by atoms with Gasteiger partial charge < -0.3 is 149 Å². The Labute approximate surface area is 783 Å². The number of nitrogens with zero attached hydrogens (tertiary/aromatic N) is 3. The summed E-state index contributed by atoms with van der Waals surface area (Å²) >= 11 is 0. The molecule has 754 valence electrons. The Hall–Kier alpha value is -14.2. The molecule has 2 aliphatic rings. The highest BCUT2D eigenvalue weighted by Crippen LogP contribution is 2.24. The van der Waals surface area contributed by atoms with Crippen molar-refractivity contribution in [2.45, 2.75) is 273 Å². The molecule has 17 amide bonds. The number of carbonyl (C=O) groups is 21. The molecule has 4 rings (SSSR count). The fourth-order valence-electron chi connectivity index (χ4n) is 14.8. The summed E-state index contributed by atoms with van der Waals surface area (Å²) in [5.74, 6) is -26.4. The van der Waals surface area contributed by atoms with E-state index in [1.165, 1.54) is 26.4 Å². The van der Waals surface area contributed by atoms with Crippen LogP contribution in [0.5, 0.6) is 0 Å². The van der Waals surface area contributed by atoms with Crippen LogP contribution < -0.4 is 114 Å². The molecular weight excluding hydrogens is 1790 g/mol. The highest BCUT2D eigenvalue weighted by molar-refractivity contribution is 6.02. The molecule has 2 aromatic rings. The summed E-state index contributed by atoms with van der Waals surface area (Å²) in [5.41, 5.74) is 34.2. The number of rotatable bonds is 62. The van der Waals surface area contributed by atoms with Gasteiger partial charge in [-0.15, -0.1) is 0 Å². The number of primary amides is 2. The van der Waals surface area contributed by atoms with Crippen LogP contribution in [0.4, 0.5) is 0 Å². The summed E-state index contributed by atoms with van der Waals surface area (Å²) in [7, 11) is 0. The molecule has 0 spiro atoms. The van der Waals surface area contributed by atoms with Crippen LogP contribution in [0.15, 0.2) is 42.9 Å². The van der Waals surface area contributed by atoms with Crippen LogP contribution in [0.3, 0.4) is 0 Å². The van der Waals surface area contributed by atoms with Crippen LogP contribution in [-0.2, 0) is 114 Å². The molecule has 0 unspecified atom stereocenters. The number of carboxylic acids is 4. The molecule has 1 aromatic carbocycles. The van der Waals surface area contributed by atoms with Crippen molar-refractivity contribution < 1.29 is 121 Å². The van der Waals surface area contributed by atoms with Crippen LogP contribution in [0, 0.1) is 28.6 Å². The molecule has 3 heterocycles. The first-order valence-electron chi connectivity index (χ1n) is 44.7. The lowest BCUT2D eigenvalue weighted by Crippen LogP contribution is -2.62. The molecule has 16 atom stereocenters. The molecule has 2 aliphatic heterocycles. The van der Waals surface area contributed by atoms with E-state index in [2.05, 4.69) is 89.7 Å². The van der Waals surface area contributed by atoms with E-state index in [4.69, 9.17) is 45.2 Å². The summed E-state index contributed by atoms with van der Waals surface area (Å²) in [6, 6.07) is -15.8. The van der Waals surface area contributed by atoms with Crippen molar-refractivity contribution in [3.63, 3.8) is 0 Å². The van der Waals surface area contributed by atoms with Gasteiger partial charge in [0.25, 0.3) is 0 Å². The Kier molecular flexibility index (Phi) is 48.7. The molecule has 0 aliphatic carbocycles. The van der Waals surface area contributed by atoms with Crippen molar-refractivity contribution in [3.05, 3.63) is 54.1 Å². The molecule has 136 heavy (non-hydrogen) atoms. The molecule has 1 aromatic heterocycles. The monoisotopic (exact) mass is 1920 g/mol. The van der Waals surface area contributed by atoms with Crippen molar-refractivity contribution in [2.75, 3.05) is 39.3 Å². The topological polar surface area (TPSA) is 859 Å². The highest BCUT2D eigenvalue weighted by atomic mass is 16.4. The lowest BCUT2D eigenvalue weighted by atomic mass is 9.96. The first kappa shape index (κ1) is 114. The Morgan fingerprint density at radius 2 is 0.919 bits per heavy atom. The second-order valence-corrected chi connectivity index (χ2v) is 34.0. The average Bonchev–Trinajstić information content (AvgIpc) is 1.64. The number of H-pyrrole nitrogens is 1. The quantitative estimate of drug-likeness (QED) is 0.0166. The molecule has 2 fully saturated rings. The second-order valence-electron chi connectivity index (χ2n) is 34.0. The number of unbranched alkanes of at least 4 members (excludes halogenated alkanes) is 1. The van der Waals surface area contributed by atoms with E-state index < -0.39 is 284 Å². The van der Waals surface area contributed by atoms with E-state index in [9.17, 15) is 112 Å². The number of aliphatic carboxylic acids is 4. The van der Waals surface area contributed by atoms with Gasteiger partial charge in [0.05, 0.1) is 38.2 Å². The normalized spacial score (nSPS) is 16.4. The molecule has 34 N–H and O–H groups in total. The Bertz CT molecular complexity index is 4510. The molecule has 52 heteroatoms. The Morgan fingerprint density at radius 1 is 0.463 bits per heavy atom. The molecule has 2 saturated heterocycles. The van der Waals surface area contributed by atoms with E-state index in [1.807, 2.05) is 0 Å². The smallest absolute Gasteiger partial charge is 0.326 e. The number of aromatic amines is 1. The summed E-state index contributed by atoms with van der Waals surface area (Å²) < 4.78 is 0. The van der Waals surface area contributed by atoms with Gasteiger partial charge in [-0.25, -0.2) is 9.78 Å². The van der Waals surface area contributed by atoms with Gasteiger partial charge in [-0.05, 0) is 120 Å². The van der Waals surface area contributed by atoms with E-state index in [-0.39, 0.29) is 141 Å². The highest BCUT2D eigenvalue weighted by Gasteiger charge is 2.45. The minimum atomic E-state index is -2.11. The lowest BCUT2D eigenvalue weighted by molar-refractivity contribution is -0.147. The van der Waals surface area contributed by atoms with Gasteiger partial charge in [0.2, 0.25) is 100 Å².